The average Bonchev–Trinajstić information content (AvgIpc) is 3.28. The second-order valence-electron chi connectivity index (χ2n) is 7.12. The van der Waals surface area contributed by atoms with Gasteiger partial charge in [0.1, 0.15) is 0 Å². The third-order valence-corrected chi connectivity index (χ3v) is 4.90. The van der Waals surface area contributed by atoms with E-state index < -0.39 is 0 Å². The molecule has 1 aliphatic rings. The summed E-state index contributed by atoms with van der Waals surface area (Å²) in [4.78, 5) is 23.0. The van der Waals surface area contributed by atoms with Gasteiger partial charge in [0, 0.05) is 45.6 Å². The minimum absolute atomic E-state index is 0.0165. The molecule has 1 fully saturated rings. The molecule has 10 heteroatoms. The monoisotopic (exact) mass is 383 g/mol. The highest BCUT2D eigenvalue weighted by atomic mass is 16.2. The number of carbonyl (C=O) groups excluding carboxylic acids is 1. The number of anilines is 2. The molecule has 0 spiro atoms. The molecule has 10 nitrogen and oxygen atoms in total. The Balaban J connectivity index is 1.49. The first-order valence-electron chi connectivity index (χ1n) is 9.59. The van der Waals surface area contributed by atoms with E-state index in [0.717, 1.165) is 49.2 Å². The molecule has 0 radical (unpaired) electrons. The van der Waals surface area contributed by atoms with E-state index in [0.29, 0.717) is 18.4 Å². The summed E-state index contributed by atoms with van der Waals surface area (Å²) in [5.74, 6) is 0.860. The van der Waals surface area contributed by atoms with Crippen molar-refractivity contribution in [2.24, 2.45) is 13.0 Å². The Morgan fingerprint density at radius 2 is 2.18 bits per heavy atom. The number of nitrogens with zero attached hydrogens (tertiary/aromatic N) is 7. The van der Waals surface area contributed by atoms with Crippen molar-refractivity contribution < 1.29 is 4.79 Å². The number of amides is 2. The van der Waals surface area contributed by atoms with Crippen molar-refractivity contribution >= 4 is 28.7 Å². The van der Waals surface area contributed by atoms with Gasteiger partial charge in [-0.05, 0) is 25.7 Å². The summed E-state index contributed by atoms with van der Waals surface area (Å²) in [7, 11) is 1.86. The molecule has 0 aromatic carbocycles. The Labute approximate surface area is 162 Å². The van der Waals surface area contributed by atoms with Crippen LogP contribution >= 0.6 is 0 Å². The van der Waals surface area contributed by atoms with Crippen LogP contribution in [0.15, 0.2) is 24.8 Å². The maximum atomic E-state index is 12.1. The lowest BCUT2D eigenvalue weighted by Crippen LogP contribution is -2.46. The summed E-state index contributed by atoms with van der Waals surface area (Å²) in [6.45, 7) is 4.85. The van der Waals surface area contributed by atoms with Crippen molar-refractivity contribution in [2.75, 3.05) is 25.0 Å². The summed E-state index contributed by atoms with van der Waals surface area (Å²) in [5.41, 5.74) is 1.62. The van der Waals surface area contributed by atoms with Crippen molar-refractivity contribution in [1.29, 1.82) is 0 Å². The highest BCUT2D eigenvalue weighted by molar-refractivity contribution is 5.75. The molecule has 2 amide bonds. The molecule has 3 aromatic rings. The number of aromatic nitrogens is 6. The summed E-state index contributed by atoms with van der Waals surface area (Å²) in [5, 5.41) is 15.6. The number of piperidine rings is 1. The van der Waals surface area contributed by atoms with Gasteiger partial charge in [0.2, 0.25) is 5.95 Å². The van der Waals surface area contributed by atoms with Gasteiger partial charge in [0.25, 0.3) is 0 Å². The van der Waals surface area contributed by atoms with Gasteiger partial charge in [-0.15, -0.1) is 0 Å². The Bertz CT molecular complexity index is 963. The van der Waals surface area contributed by atoms with Gasteiger partial charge in [0.05, 0.1) is 23.5 Å². The first kappa shape index (κ1) is 18.2. The van der Waals surface area contributed by atoms with Crippen LogP contribution in [0.2, 0.25) is 0 Å². The molecular weight excluding hydrogens is 358 g/mol. The Hall–Kier alpha value is -3.17. The van der Waals surface area contributed by atoms with Crippen LogP contribution in [-0.2, 0) is 13.6 Å². The van der Waals surface area contributed by atoms with Gasteiger partial charge < -0.3 is 15.5 Å². The van der Waals surface area contributed by atoms with Gasteiger partial charge >= 0.3 is 6.03 Å². The van der Waals surface area contributed by atoms with Gasteiger partial charge in [-0.25, -0.2) is 14.5 Å². The lowest BCUT2D eigenvalue weighted by Gasteiger charge is -2.32. The molecular formula is C18H25N9O. The van der Waals surface area contributed by atoms with E-state index in [-0.39, 0.29) is 6.03 Å². The quantitative estimate of drug-likeness (QED) is 0.695. The molecule has 1 aliphatic heterocycles. The van der Waals surface area contributed by atoms with Crippen LogP contribution in [0.25, 0.3) is 11.0 Å². The van der Waals surface area contributed by atoms with E-state index in [1.807, 2.05) is 29.7 Å². The molecule has 4 rings (SSSR count). The molecule has 28 heavy (non-hydrogen) atoms. The van der Waals surface area contributed by atoms with Crippen LogP contribution in [0.1, 0.15) is 19.8 Å². The van der Waals surface area contributed by atoms with Crippen LogP contribution in [0.5, 0.6) is 0 Å². The summed E-state index contributed by atoms with van der Waals surface area (Å²) < 4.78 is 3.63. The van der Waals surface area contributed by atoms with E-state index in [9.17, 15) is 4.79 Å². The fourth-order valence-electron chi connectivity index (χ4n) is 3.58. The highest BCUT2D eigenvalue weighted by Gasteiger charge is 2.24. The molecule has 148 valence electrons. The van der Waals surface area contributed by atoms with Crippen LogP contribution in [0, 0.1) is 5.92 Å². The van der Waals surface area contributed by atoms with E-state index >= 15 is 0 Å². The van der Waals surface area contributed by atoms with Gasteiger partial charge in [-0.3, -0.25) is 4.68 Å². The molecule has 2 N–H and O–H groups in total. The van der Waals surface area contributed by atoms with E-state index in [2.05, 4.69) is 30.8 Å². The first-order chi connectivity index (χ1) is 13.6. The van der Waals surface area contributed by atoms with Crippen molar-refractivity contribution in [3.05, 3.63) is 24.8 Å². The molecule has 0 bridgehead atoms. The molecule has 1 unspecified atom stereocenters. The van der Waals surface area contributed by atoms with E-state index in [1.165, 1.54) is 0 Å². The minimum Gasteiger partial charge on any atom is -0.338 e. The molecule has 0 aliphatic carbocycles. The number of carbonyl (C=O) groups is 1. The second-order valence-corrected chi connectivity index (χ2v) is 7.12. The maximum absolute atomic E-state index is 12.1. The zero-order valence-electron chi connectivity index (χ0n) is 16.2. The number of urea groups is 1. The van der Waals surface area contributed by atoms with Crippen molar-refractivity contribution in [3.63, 3.8) is 0 Å². The highest BCUT2D eigenvalue weighted by Crippen LogP contribution is 2.21. The fraction of sp³-hybridized carbons (Fsp3) is 0.500. The topological polar surface area (TPSA) is 106 Å². The second kappa shape index (κ2) is 7.83. The van der Waals surface area contributed by atoms with Crippen LogP contribution in [-0.4, -0.2) is 60.1 Å². The zero-order valence-corrected chi connectivity index (χ0v) is 16.2. The summed E-state index contributed by atoms with van der Waals surface area (Å²) in [6, 6.07) is 0.0165. The number of likely N-dealkylation sites (tertiary alicyclic amines) is 1. The normalized spacial score (nSPS) is 17.1. The average molecular weight is 383 g/mol. The standard InChI is InChI=1S/C18H25N9O/c1-3-19-18(28)26-6-4-5-13(10-26)11-27-16-14(8-22-27)7-20-17(24-16)23-15-9-21-25(2)12-15/h7-9,12-13H,3-6,10-11H2,1-2H3,(H,19,28)(H,20,23,24). The molecule has 1 atom stereocenters. The number of fused-ring (bicyclic) bond motifs is 1. The van der Waals surface area contributed by atoms with Gasteiger partial charge in [-0.1, -0.05) is 0 Å². The summed E-state index contributed by atoms with van der Waals surface area (Å²) >= 11 is 0. The molecule has 0 saturated carbocycles. The number of hydrogen-bond donors (Lipinski definition) is 2. The Morgan fingerprint density at radius 1 is 1.29 bits per heavy atom. The number of rotatable bonds is 5. The molecule has 4 heterocycles. The SMILES string of the molecule is CCNC(=O)N1CCCC(Cn2ncc3cnc(Nc4cnn(C)c4)nc32)C1. The van der Waals surface area contributed by atoms with E-state index in [4.69, 9.17) is 0 Å². The van der Waals surface area contributed by atoms with Crippen molar-refractivity contribution in [3.8, 4) is 0 Å². The van der Waals surface area contributed by atoms with Crippen LogP contribution in [0.4, 0.5) is 16.4 Å². The third-order valence-electron chi connectivity index (χ3n) is 4.90. The maximum Gasteiger partial charge on any atom is 0.317 e. The zero-order chi connectivity index (χ0) is 19.5. The van der Waals surface area contributed by atoms with Crippen LogP contribution in [0.3, 0.4) is 0 Å². The largest absolute Gasteiger partial charge is 0.338 e. The lowest BCUT2D eigenvalue weighted by molar-refractivity contribution is 0.158. The Morgan fingerprint density at radius 3 is 2.96 bits per heavy atom. The molecule has 3 aromatic heterocycles. The first-order valence-corrected chi connectivity index (χ1v) is 9.59. The third kappa shape index (κ3) is 3.90. The van der Waals surface area contributed by atoms with Gasteiger partial charge in [-0.2, -0.15) is 15.2 Å². The van der Waals surface area contributed by atoms with Crippen molar-refractivity contribution in [2.45, 2.75) is 26.3 Å². The number of hydrogen-bond acceptors (Lipinski definition) is 6. The predicted molar refractivity (Wildman–Crippen MR) is 105 cm³/mol. The Kier molecular flexibility index (Phi) is 5.09. The fourth-order valence-corrected chi connectivity index (χ4v) is 3.58. The van der Waals surface area contributed by atoms with Gasteiger partial charge in [0.15, 0.2) is 5.65 Å². The predicted octanol–water partition coefficient (Wildman–Crippen LogP) is 1.74. The summed E-state index contributed by atoms with van der Waals surface area (Å²) in [6.07, 6.45) is 9.22. The number of aryl methyl sites for hydroxylation is 1. The number of nitrogens with one attached hydrogen (secondary N) is 2. The molecule has 1 saturated heterocycles. The smallest absolute Gasteiger partial charge is 0.317 e. The van der Waals surface area contributed by atoms with E-state index in [1.54, 1.807) is 23.3 Å². The minimum atomic E-state index is 0.0165. The van der Waals surface area contributed by atoms with Crippen molar-refractivity contribution in [1.82, 2.24) is 39.7 Å². The van der Waals surface area contributed by atoms with Crippen LogP contribution < -0.4 is 10.6 Å². The lowest BCUT2D eigenvalue weighted by atomic mass is 9.98.